The Morgan fingerprint density at radius 1 is 1.15 bits per heavy atom. The van der Waals surface area contributed by atoms with E-state index < -0.39 is 11.7 Å². The first-order chi connectivity index (χ1) is 12.4. The third kappa shape index (κ3) is 4.76. The lowest BCUT2D eigenvalue weighted by atomic mass is 10.0. The second-order valence-electron chi connectivity index (χ2n) is 6.35. The van der Waals surface area contributed by atoms with Crippen LogP contribution in [-0.4, -0.2) is 11.9 Å². The van der Waals surface area contributed by atoms with Gasteiger partial charge in [0.15, 0.2) is 0 Å². The lowest BCUT2D eigenvalue weighted by Crippen LogP contribution is -2.21. The Kier molecular flexibility index (Phi) is 6.21. The van der Waals surface area contributed by atoms with Crippen LogP contribution in [0.15, 0.2) is 47.4 Å². The fourth-order valence-electron chi connectivity index (χ4n) is 3.10. The van der Waals surface area contributed by atoms with E-state index in [4.69, 9.17) is 16.3 Å². The van der Waals surface area contributed by atoms with Crippen molar-refractivity contribution in [3.05, 3.63) is 64.2 Å². The normalized spacial score (nSPS) is 21.0. The Hall–Kier alpha value is -1.17. The SMILES string of the molecule is CCc1ccc(C(F)(F)F)cc1SC1CCOC(c2ccc(Cl)cc2)C1. The number of hydrogen-bond donors (Lipinski definition) is 0. The molecule has 2 aromatic rings. The first-order valence-corrected chi connectivity index (χ1v) is 9.86. The Labute approximate surface area is 160 Å². The van der Waals surface area contributed by atoms with Crippen molar-refractivity contribution >= 4 is 23.4 Å². The van der Waals surface area contributed by atoms with E-state index in [-0.39, 0.29) is 11.4 Å². The van der Waals surface area contributed by atoms with Gasteiger partial charge in [-0.2, -0.15) is 13.2 Å². The highest BCUT2D eigenvalue weighted by atomic mass is 35.5. The number of benzene rings is 2. The molecule has 0 amide bonds. The molecule has 2 aromatic carbocycles. The Balaban J connectivity index is 1.76. The van der Waals surface area contributed by atoms with Gasteiger partial charge in [0.05, 0.1) is 11.7 Å². The molecule has 1 aliphatic rings. The standard InChI is InChI=1S/C20H20ClF3OS/c1-2-13-3-6-15(20(22,23)24)11-19(13)26-17-9-10-25-18(12-17)14-4-7-16(21)8-5-14/h3-8,11,17-18H,2,9-10,12H2,1H3. The van der Waals surface area contributed by atoms with E-state index in [2.05, 4.69) is 0 Å². The largest absolute Gasteiger partial charge is 0.416 e. The van der Waals surface area contributed by atoms with Crippen LogP contribution in [0, 0.1) is 0 Å². The Bertz CT molecular complexity index is 746. The van der Waals surface area contributed by atoms with Gasteiger partial charge in [-0.1, -0.05) is 36.7 Å². The summed E-state index contributed by atoms with van der Waals surface area (Å²) in [5, 5.41) is 0.894. The van der Waals surface area contributed by atoms with Crippen molar-refractivity contribution in [3.63, 3.8) is 0 Å². The Morgan fingerprint density at radius 3 is 2.54 bits per heavy atom. The number of hydrogen-bond acceptors (Lipinski definition) is 2. The van der Waals surface area contributed by atoms with Crippen LogP contribution >= 0.6 is 23.4 Å². The zero-order chi connectivity index (χ0) is 18.7. The van der Waals surface area contributed by atoms with Crippen LogP contribution in [-0.2, 0) is 17.3 Å². The fourth-order valence-corrected chi connectivity index (χ4v) is 4.62. The number of ether oxygens (including phenoxy) is 1. The van der Waals surface area contributed by atoms with Crippen molar-refractivity contribution in [1.29, 1.82) is 0 Å². The molecule has 6 heteroatoms. The van der Waals surface area contributed by atoms with Gasteiger partial charge in [-0.3, -0.25) is 0 Å². The molecule has 1 saturated heterocycles. The average Bonchev–Trinajstić information content (AvgIpc) is 2.62. The van der Waals surface area contributed by atoms with Crippen molar-refractivity contribution in [3.8, 4) is 0 Å². The van der Waals surface area contributed by atoms with E-state index in [0.717, 1.165) is 28.9 Å². The summed E-state index contributed by atoms with van der Waals surface area (Å²) in [5.74, 6) is 0. The molecule has 1 aliphatic heterocycles. The number of rotatable bonds is 4. The number of halogens is 4. The minimum Gasteiger partial charge on any atom is -0.373 e. The molecule has 0 aromatic heterocycles. The van der Waals surface area contributed by atoms with E-state index in [1.807, 2.05) is 31.2 Å². The van der Waals surface area contributed by atoms with Crippen LogP contribution in [0.5, 0.6) is 0 Å². The number of alkyl halides is 3. The molecular formula is C20H20ClF3OS. The molecule has 0 N–H and O–H groups in total. The van der Waals surface area contributed by atoms with Gasteiger partial charge in [0, 0.05) is 21.8 Å². The highest BCUT2D eigenvalue weighted by Crippen LogP contribution is 2.40. The molecule has 0 bridgehead atoms. The van der Waals surface area contributed by atoms with Gasteiger partial charge in [-0.25, -0.2) is 0 Å². The van der Waals surface area contributed by atoms with Crippen molar-refractivity contribution in [2.75, 3.05) is 6.61 Å². The van der Waals surface area contributed by atoms with Crippen molar-refractivity contribution in [2.24, 2.45) is 0 Å². The van der Waals surface area contributed by atoms with Gasteiger partial charge in [-0.05, 0) is 54.7 Å². The monoisotopic (exact) mass is 400 g/mol. The summed E-state index contributed by atoms with van der Waals surface area (Å²) in [4.78, 5) is 0.726. The number of aryl methyl sites for hydroxylation is 1. The molecule has 2 unspecified atom stereocenters. The van der Waals surface area contributed by atoms with Crippen molar-refractivity contribution in [1.82, 2.24) is 0 Å². The molecule has 0 aliphatic carbocycles. The number of thioether (sulfide) groups is 1. The maximum atomic E-state index is 13.1. The quantitative estimate of drug-likeness (QED) is 0.550. The highest BCUT2D eigenvalue weighted by Gasteiger charge is 2.32. The predicted molar refractivity (Wildman–Crippen MR) is 99.8 cm³/mol. The van der Waals surface area contributed by atoms with Gasteiger partial charge in [-0.15, -0.1) is 11.8 Å². The average molecular weight is 401 g/mol. The molecule has 2 atom stereocenters. The molecule has 0 radical (unpaired) electrons. The molecule has 1 nitrogen and oxygen atoms in total. The third-order valence-corrected chi connectivity index (χ3v) is 6.19. The maximum absolute atomic E-state index is 13.1. The van der Waals surface area contributed by atoms with E-state index >= 15 is 0 Å². The maximum Gasteiger partial charge on any atom is 0.416 e. The van der Waals surface area contributed by atoms with E-state index in [1.165, 1.54) is 12.1 Å². The molecule has 26 heavy (non-hydrogen) atoms. The molecule has 1 fully saturated rings. The van der Waals surface area contributed by atoms with Gasteiger partial charge in [0.25, 0.3) is 0 Å². The van der Waals surface area contributed by atoms with Gasteiger partial charge in [0.2, 0.25) is 0 Å². The van der Waals surface area contributed by atoms with Crippen LogP contribution in [0.3, 0.4) is 0 Å². The summed E-state index contributed by atoms with van der Waals surface area (Å²) in [6.45, 7) is 2.57. The summed E-state index contributed by atoms with van der Waals surface area (Å²) in [7, 11) is 0. The molecule has 0 saturated carbocycles. The molecular weight excluding hydrogens is 381 g/mol. The lowest BCUT2D eigenvalue weighted by Gasteiger charge is -2.30. The molecule has 3 rings (SSSR count). The van der Waals surface area contributed by atoms with Crippen LogP contribution in [0.4, 0.5) is 13.2 Å². The first kappa shape index (κ1) is 19.6. The second kappa shape index (κ2) is 8.24. The highest BCUT2D eigenvalue weighted by molar-refractivity contribution is 8.00. The smallest absolute Gasteiger partial charge is 0.373 e. The predicted octanol–water partition coefficient (Wildman–Crippen LogP) is 6.93. The summed E-state index contributed by atoms with van der Waals surface area (Å²) >= 11 is 7.48. The minimum atomic E-state index is -4.32. The molecule has 0 spiro atoms. The van der Waals surface area contributed by atoms with Gasteiger partial charge in [0.1, 0.15) is 0 Å². The second-order valence-corrected chi connectivity index (χ2v) is 8.13. The van der Waals surface area contributed by atoms with Crippen molar-refractivity contribution < 1.29 is 17.9 Å². The summed E-state index contributed by atoms with van der Waals surface area (Å²) in [6, 6.07) is 11.6. The van der Waals surface area contributed by atoms with Crippen molar-refractivity contribution in [2.45, 2.75) is 48.6 Å². The Morgan fingerprint density at radius 2 is 1.88 bits per heavy atom. The summed E-state index contributed by atoms with van der Waals surface area (Å²) < 4.78 is 45.0. The van der Waals surface area contributed by atoms with Crippen LogP contribution in [0.25, 0.3) is 0 Å². The van der Waals surface area contributed by atoms with E-state index in [0.29, 0.717) is 18.1 Å². The topological polar surface area (TPSA) is 9.23 Å². The molecule has 1 heterocycles. The minimum absolute atomic E-state index is 0.0469. The van der Waals surface area contributed by atoms with E-state index in [1.54, 1.807) is 17.8 Å². The van der Waals surface area contributed by atoms with Gasteiger partial charge >= 0.3 is 6.18 Å². The third-order valence-electron chi connectivity index (χ3n) is 4.55. The zero-order valence-electron chi connectivity index (χ0n) is 14.4. The van der Waals surface area contributed by atoms with Crippen LogP contribution in [0.1, 0.15) is 42.6 Å². The zero-order valence-corrected chi connectivity index (χ0v) is 15.9. The van der Waals surface area contributed by atoms with Crippen LogP contribution in [0.2, 0.25) is 5.02 Å². The molecule has 140 valence electrons. The van der Waals surface area contributed by atoms with Gasteiger partial charge < -0.3 is 4.74 Å². The van der Waals surface area contributed by atoms with E-state index in [9.17, 15) is 13.2 Å². The first-order valence-electron chi connectivity index (χ1n) is 8.60. The lowest BCUT2D eigenvalue weighted by molar-refractivity contribution is -0.137. The summed E-state index contributed by atoms with van der Waals surface area (Å²) in [5.41, 5.74) is 1.43. The summed E-state index contributed by atoms with van der Waals surface area (Å²) in [6.07, 6.45) is -2.05. The van der Waals surface area contributed by atoms with Crippen LogP contribution < -0.4 is 0 Å². The fraction of sp³-hybridized carbons (Fsp3) is 0.400.